The van der Waals surface area contributed by atoms with Crippen LogP contribution in [0.25, 0.3) is 0 Å². The van der Waals surface area contributed by atoms with Crippen molar-refractivity contribution in [2.75, 3.05) is 13.1 Å². The fraction of sp³-hybridized carbons (Fsp3) is 0.636. The molecule has 88 valence electrons. The number of hydrogen-bond donors (Lipinski definition) is 2. The van der Waals surface area contributed by atoms with Crippen molar-refractivity contribution >= 4 is 5.91 Å². The zero-order chi connectivity index (χ0) is 11.7. The summed E-state index contributed by atoms with van der Waals surface area (Å²) in [5, 5.41) is 6.92. The first kappa shape index (κ1) is 11.1. The molecular weight excluding hydrogens is 204 g/mol. The lowest BCUT2D eigenvalue weighted by Gasteiger charge is -2.13. The smallest absolute Gasteiger partial charge is 0.271 e. The molecule has 2 rings (SSSR count). The van der Waals surface area contributed by atoms with Gasteiger partial charge in [0, 0.05) is 19.1 Å². The third-order valence-electron chi connectivity index (χ3n) is 2.93. The summed E-state index contributed by atoms with van der Waals surface area (Å²) in [4.78, 5) is 13.8. The molecule has 3 N–H and O–H groups in total. The van der Waals surface area contributed by atoms with Crippen LogP contribution in [0.2, 0.25) is 0 Å². The SMILES string of the molecule is CC(C)c1cc(C(=O)N2CCC(N)C2)[nH]n1. The topological polar surface area (TPSA) is 75.0 Å². The number of nitrogens with two attached hydrogens (primary N) is 1. The van der Waals surface area contributed by atoms with E-state index in [4.69, 9.17) is 5.73 Å². The van der Waals surface area contributed by atoms with Gasteiger partial charge in [0.05, 0.1) is 5.69 Å². The van der Waals surface area contributed by atoms with Crippen molar-refractivity contribution in [3.8, 4) is 0 Å². The van der Waals surface area contributed by atoms with Crippen LogP contribution < -0.4 is 5.73 Å². The molecule has 1 saturated heterocycles. The monoisotopic (exact) mass is 222 g/mol. The molecule has 1 aromatic rings. The van der Waals surface area contributed by atoms with Gasteiger partial charge >= 0.3 is 0 Å². The van der Waals surface area contributed by atoms with Gasteiger partial charge in [0.1, 0.15) is 5.69 Å². The van der Waals surface area contributed by atoms with Gasteiger partial charge in [-0.2, -0.15) is 5.10 Å². The maximum Gasteiger partial charge on any atom is 0.271 e. The molecule has 5 nitrogen and oxygen atoms in total. The van der Waals surface area contributed by atoms with Crippen LogP contribution in [0.3, 0.4) is 0 Å². The number of hydrogen-bond acceptors (Lipinski definition) is 3. The van der Waals surface area contributed by atoms with E-state index in [1.54, 1.807) is 4.90 Å². The molecular formula is C11H18N4O. The summed E-state index contributed by atoms with van der Waals surface area (Å²) in [5.41, 5.74) is 7.27. The fourth-order valence-corrected chi connectivity index (χ4v) is 1.88. The molecule has 1 unspecified atom stereocenters. The number of nitrogens with zero attached hydrogens (tertiary/aromatic N) is 2. The molecule has 0 aliphatic carbocycles. The van der Waals surface area contributed by atoms with Gasteiger partial charge in [-0.05, 0) is 18.4 Å². The summed E-state index contributed by atoms with van der Waals surface area (Å²) in [6.45, 7) is 5.50. The lowest BCUT2D eigenvalue weighted by molar-refractivity contribution is 0.0785. The van der Waals surface area contributed by atoms with Crippen LogP contribution in [0.4, 0.5) is 0 Å². The Hall–Kier alpha value is -1.36. The molecule has 0 bridgehead atoms. The second-order valence-electron chi connectivity index (χ2n) is 4.66. The molecule has 1 aromatic heterocycles. The molecule has 0 saturated carbocycles. The molecule has 0 spiro atoms. The molecule has 16 heavy (non-hydrogen) atoms. The number of likely N-dealkylation sites (tertiary alicyclic amines) is 1. The molecule has 1 aliphatic rings. The minimum absolute atomic E-state index is 0.00681. The third-order valence-corrected chi connectivity index (χ3v) is 2.93. The highest BCUT2D eigenvalue weighted by atomic mass is 16.2. The van der Waals surface area contributed by atoms with E-state index in [0.29, 0.717) is 18.2 Å². The molecule has 1 atom stereocenters. The normalized spacial score (nSPS) is 20.8. The molecule has 1 aliphatic heterocycles. The quantitative estimate of drug-likeness (QED) is 0.773. The fourth-order valence-electron chi connectivity index (χ4n) is 1.88. The minimum atomic E-state index is 0.00681. The van der Waals surface area contributed by atoms with Gasteiger partial charge in [0.25, 0.3) is 5.91 Å². The number of amides is 1. The minimum Gasteiger partial charge on any atom is -0.336 e. The van der Waals surface area contributed by atoms with E-state index in [-0.39, 0.29) is 11.9 Å². The number of H-pyrrole nitrogens is 1. The number of carbonyl (C=O) groups is 1. The summed E-state index contributed by atoms with van der Waals surface area (Å²) in [7, 11) is 0. The highest BCUT2D eigenvalue weighted by molar-refractivity contribution is 5.92. The van der Waals surface area contributed by atoms with Crippen LogP contribution in [-0.2, 0) is 0 Å². The standard InChI is InChI=1S/C11H18N4O/c1-7(2)9-5-10(14-13-9)11(16)15-4-3-8(12)6-15/h5,7-8H,3-4,6,12H2,1-2H3,(H,13,14). The van der Waals surface area contributed by atoms with Crippen molar-refractivity contribution in [2.24, 2.45) is 5.73 Å². The van der Waals surface area contributed by atoms with Gasteiger partial charge in [0.15, 0.2) is 0 Å². The molecule has 5 heteroatoms. The number of nitrogens with one attached hydrogen (secondary N) is 1. The Balaban J connectivity index is 2.09. The number of aromatic amines is 1. The van der Waals surface area contributed by atoms with Crippen LogP contribution in [0.5, 0.6) is 0 Å². The van der Waals surface area contributed by atoms with Crippen molar-refractivity contribution in [2.45, 2.75) is 32.2 Å². The van der Waals surface area contributed by atoms with E-state index in [2.05, 4.69) is 24.0 Å². The summed E-state index contributed by atoms with van der Waals surface area (Å²) in [6, 6.07) is 1.95. The van der Waals surface area contributed by atoms with E-state index in [0.717, 1.165) is 18.7 Å². The molecule has 0 radical (unpaired) electrons. The van der Waals surface area contributed by atoms with Crippen molar-refractivity contribution < 1.29 is 4.79 Å². The predicted molar refractivity (Wildman–Crippen MR) is 61.2 cm³/mol. The molecule has 1 amide bonds. The van der Waals surface area contributed by atoms with E-state index in [9.17, 15) is 4.79 Å². The van der Waals surface area contributed by atoms with Gasteiger partial charge in [-0.1, -0.05) is 13.8 Å². The van der Waals surface area contributed by atoms with E-state index in [1.165, 1.54) is 0 Å². The van der Waals surface area contributed by atoms with E-state index in [1.807, 2.05) is 6.07 Å². The predicted octanol–water partition coefficient (Wildman–Crippen LogP) is 0.706. The Morgan fingerprint density at radius 1 is 1.69 bits per heavy atom. The van der Waals surface area contributed by atoms with Crippen LogP contribution >= 0.6 is 0 Å². The highest BCUT2D eigenvalue weighted by Gasteiger charge is 2.25. The first-order valence-corrected chi connectivity index (χ1v) is 5.68. The summed E-state index contributed by atoms with van der Waals surface area (Å²) in [5.74, 6) is 0.339. The Kier molecular flexibility index (Phi) is 2.96. The Labute approximate surface area is 95.0 Å². The van der Waals surface area contributed by atoms with Crippen molar-refractivity contribution in [3.63, 3.8) is 0 Å². The Bertz CT molecular complexity index is 385. The largest absolute Gasteiger partial charge is 0.336 e. The molecule has 0 aromatic carbocycles. The van der Waals surface area contributed by atoms with Crippen LogP contribution in [0, 0.1) is 0 Å². The summed E-state index contributed by atoms with van der Waals surface area (Å²) >= 11 is 0. The second kappa shape index (κ2) is 4.25. The van der Waals surface area contributed by atoms with Crippen molar-refractivity contribution in [1.29, 1.82) is 0 Å². The van der Waals surface area contributed by atoms with Gasteiger partial charge in [-0.3, -0.25) is 9.89 Å². The maximum atomic E-state index is 12.0. The van der Waals surface area contributed by atoms with Gasteiger partial charge in [0.2, 0.25) is 0 Å². The first-order valence-electron chi connectivity index (χ1n) is 5.68. The molecule has 1 fully saturated rings. The number of rotatable bonds is 2. The second-order valence-corrected chi connectivity index (χ2v) is 4.66. The number of carbonyl (C=O) groups excluding carboxylic acids is 1. The lowest BCUT2D eigenvalue weighted by atomic mass is 10.1. The average molecular weight is 222 g/mol. The highest BCUT2D eigenvalue weighted by Crippen LogP contribution is 2.15. The third kappa shape index (κ3) is 2.09. The van der Waals surface area contributed by atoms with Gasteiger partial charge in [-0.25, -0.2) is 0 Å². The van der Waals surface area contributed by atoms with Gasteiger partial charge < -0.3 is 10.6 Å². The van der Waals surface area contributed by atoms with Crippen molar-refractivity contribution in [3.05, 3.63) is 17.5 Å². The summed E-state index contributed by atoms with van der Waals surface area (Å²) < 4.78 is 0. The average Bonchev–Trinajstić information content (AvgIpc) is 2.84. The lowest BCUT2D eigenvalue weighted by Crippen LogP contribution is -2.32. The van der Waals surface area contributed by atoms with Gasteiger partial charge in [-0.15, -0.1) is 0 Å². The first-order chi connectivity index (χ1) is 7.58. The van der Waals surface area contributed by atoms with E-state index < -0.39 is 0 Å². The van der Waals surface area contributed by atoms with Crippen LogP contribution in [0.1, 0.15) is 42.4 Å². The Morgan fingerprint density at radius 2 is 2.44 bits per heavy atom. The van der Waals surface area contributed by atoms with Crippen molar-refractivity contribution in [1.82, 2.24) is 15.1 Å². The molecule has 2 heterocycles. The van der Waals surface area contributed by atoms with Crippen LogP contribution in [0.15, 0.2) is 6.07 Å². The maximum absolute atomic E-state index is 12.0. The summed E-state index contributed by atoms with van der Waals surface area (Å²) in [6.07, 6.45) is 0.886. The zero-order valence-corrected chi connectivity index (χ0v) is 9.73. The Morgan fingerprint density at radius 3 is 2.94 bits per heavy atom. The number of aromatic nitrogens is 2. The zero-order valence-electron chi connectivity index (χ0n) is 9.73. The van der Waals surface area contributed by atoms with E-state index >= 15 is 0 Å². The van der Waals surface area contributed by atoms with Crippen LogP contribution in [-0.4, -0.2) is 40.1 Å².